The fourth-order valence-corrected chi connectivity index (χ4v) is 3.98. The number of dihydropyridines is 1. The lowest BCUT2D eigenvalue weighted by Crippen LogP contribution is -2.56. The molecule has 1 aromatic carbocycles. The molecular formula is C22H22F3N3O. The molecule has 2 aliphatic rings. The van der Waals surface area contributed by atoms with E-state index < -0.39 is 11.7 Å². The van der Waals surface area contributed by atoms with Gasteiger partial charge in [0.25, 0.3) is 0 Å². The molecule has 2 aromatic rings. The van der Waals surface area contributed by atoms with Crippen LogP contribution in [0, 0.1) is 5.21 Å². The van der Waals surface area contributed by atoms with Gasteiger partial charge in [0.15, 0.2) is 17.9 Å². The molecule has 0 bridgehead atoms. The molecule has 1 aromatic heterocycles. The maximum atomic E-state index is 13.8. The van der Waals surface area contributed by atoms with Crippen LogP contribution in [-0.4, -0.2) is 36.2 Å². The van der Waals surface area contributed by atoms with Gasteiger partial charge < -0.3 is 10.5 Å². The van der Waals surface area contributed by atoms with Crippen molar-refractivity contribution in [3.05, 3.63) is 83.5 Å². The van der Waals surface area contributed by atoms with E-state index in [9.17, 15) is 18.4 Å². The number of halogens is 3. The molecule has 1 atom stereocenters. The van der Waals surface area contributed by atoms with E-state index in [1.807, 2.05) is 18.2 Å². The second-order valence-corrected chi connectivity index (χ2v) is 7.47. The summed E-state index contributed by atoms with van der Waals surface area (Å²) in [5.41, 5.74) is -0.625. The van der Waals surface area contributed by atoms with E-state index in [1.165, 1.54) is 24.5 Å². The lowest BCUT2D eigenvalue weighted by molar-refractivity contribution is -0.603. The standard InChI is InChI=1S/C22H22F3N3O/c23-22(24,25)21(9-1-2-10-26-21)20-7-12-27(13-8-20)11-5-17-3-4-18-6-14-28(29)16-19(18)15-17/h1-4,6-7,9-10,14-16,26H,5,8,11-13H2. The van der Waals surface area contributed by atoms with Crippen LogP contribution < -0.4 is 10.0 Å². The van der Waals surface area contributed by atoms with Gasteiger partial charge in [-0.3, -0.25) is 4.90 Å². The Balaban J connectivity index is 1.42. The van der Waals surface area contributed by atoms with Crippen molar-refractivity contribution in [2.24, 2.45) is 0 Å². The highest BCUT2D eigenvalue weighted by Gasteiger charge is 2.55. The zero-order chi connectivity index (χ0) is 20.5. The molecule has 1 N–H and O–H groups in total. The van der Waals surface area contributed by atoms with Crippen LogP contribution in [0.15, 0.2) is 72.7 Å². The first kappa shape index (κ1) is 19.5. The van der Waals surface area contributed by atoms with E-state index in [0.717, 1.165) is 34.0 Å². The molecule has 0 radical (unpaired) electrons. The van der Waals surface area contributed by atoms with Crippen LogP contribution in [0.5, 0.6) is 0 Å². The molecule has 4 nitrogen and oxygen atoms in total. The summed E-state index contributed by atoms with van der Waals surface area (Å²) in [5.74, 6) is 0. The molecular weight excluding hydrogens is 379 g/mol. The monoisotopic (exact) mass is 401 g/mol. The van der Waals surface area contributed by atoms with Crippen molar-refractivity contribution in [3.8, 4) is 0 Å². The van der Waals surface area contributed by atoms with E-state index in [0.29, 0.717) is 25.1 Å². The Morgan fingerprint density at radius 1 is 1.17 bits per heavy atom. The third kappa shape index (κ3) is 3.87. The molecule has 7 heteroatoms. The normalized spacial score (nSPS) is 22.5. The fourth-order valence-electron chi connectivity index (χ4n) is 3.98. The number of aromatic nitrogens is 1. The number of alkyl halides is 3. The first-order chi connectivity index (χ1) is 13.9. The molecule has 0 spiro atoms. The molecule has 3 heterocycles. The van der Waals surface area contributed by atoms with Crippen LogP contribution in [0.1, 0.15) is 12.0 Å². The smallest absolute Gasteiger partial charge is 0.419 e. The summed E-state index contributed by atoms with van der Waals surface area (Å²) in [4.78, 5) is 2.15. The summed E-state index contributed by atoms with van der Waals surface area (Å²) in [6.07, 6.45) is 7.03. The third-order valence-electron chi connectivity index (χ3n) is 5.65. The van der Waals surface area contributed by atoms with Crippen molar-refractivity contribution < 1.29 is 17.9 Å². The van der Waals surface area contributed by atoms with E-state index in [1.54, 1.807) is 24.4 Å². The van der Waals surface area contributed by atoms with Gasteiger partial charge in [-0.25, -0.2) is 0 Å². The van der Waals surface area contributed by atoms with Crippen molar-refractivity contribution in [1.29, 1.82) is 0 Å². The first-order valence-corrected chi connectivity index (χ1v) is 9.59. The molecule has 0 saturated heterocycles. The topological polar surface area (TPSA) is 42.2 Å². The number of hydrogen-bond acceptors (Lipinski definition) is 3. The maximum Gasteiger partial charge on any atom is 0.419 e. The number of nitrogens with zero attached hydrogens (tertiary/aromatic N) is 2. The average molecular weight is 401 g/mol. The number of pyridine rings is 1. The van der Waals surface area contributed by atoms with Gasteiger partial charge in [0.1, 0.15) is 0 Å². The molecule has 0 amide bonds. The highest BCUT2D eigenvalue weighted by molar-refractivity contribution is 5.81. The molecule has 0 aliphatic carbocycles. The van der Waals surface area contributed by atoms with Crippen LogP contribution in [0.4, 0.5) is 13.2 Å². The average Bonchev–Trinajstić information content (AvgIpc) is 2.72. The van der Waals surface area contributed by atoms with Crippen LogP contribution in [0.3, 0.4) is 0 Å². The number of benzene rings is 1. The highest BCUT2D eigenvalue weighted by atomic mass is 19.4. The first-order valence-electron chi connectivity index (χ1n) is 9.59. The van der Waals surface area contributed by atoms with Gasteiger partial charge in [-0.2, -0.15) is 17.9 Å². The van der Waals surface area contributed by atoms with Gasteiger partial charge in [-0.15, -0.1) is 0 Å². The van der Waals surface area contributed by atoms with Gasteiger partial charge in [-0.05, 0) is 53.8 Å². The Morgan fingerprint density at radius 2 is 2.03 bits per heavy atom. The number of nitrogens with one attached hydrogen (secondary N) is 1. The second kappa shape index (κ2) is 7.55. The Labute approximate surface area is 167 Å². The predicted octanol–water partition coefficient (Wildman–Crippen LogP) is 3.62. The van der Waals surface area contributed by atoms with Gasteiger partial charge in [0.2, 0.25) is 0 Å². The predicted molar refractivity (Wildman–Crippen MR) is 106 cm³/mol. The van der Waals surface area contributed by atoms with Crippen LogP contribution >= 0.6 is 0 Å². The number of hydrogen-bond donors (Lipinski definition) is 1. The second-order valence-electron chi connectivity index (χ2n) is 7.47. The lowest BCUT2D eigenvalue weighted by Gasteiger charge is -2.40. The minimum absolute atomic E-state index is 0.360. The molecule has 0 fully saturated rings. The number of fused-ring (bicyclic) bond motifs is 1. The SMILES string of the molecule is [O-][n+]1ccc2ccc(CCN3CC=C(C4(C(F)(F)F)C=CC=CN4)CC3)cc2c1. The Bertz CT molecular complexity index is 996. The van der Waals surface area contributed by atoms with Crippen LogP contribution in [0.2, 0.25) is 0 Å². The number of rotatable bonds is 4. The molecule has 152 valence electrons. The highest BCUT2D eigenvalue weighted by Crippen LogP contribution is 2.40. The van der Waals surface area contributed by atoms with Crippen molar-refractivity contribution in [1.82, 2.24) is 10.2 Å². The molecule has 0 saturated carbocycles. The van der Waals surface area contributed by atoms with Crippen LogP contribution in [0.25, 0.3) is 10.8 Å². The summed E-state index contributed by atoms with van der Waals surface area (Å²) in [5, 5.41) is 15.9. The molecule has 2 aliphatic heterocycles. The summed E-state index contributed by atoms with van der Waals surface area (Å²) < 4.78 is 42.1. The third-order valence-corrected chi connectivity index (χ3v) is 5.65. The molecule has 1 unspecified atom stereocenters. The minimum Gasteiger partial charge on any atom is -0.619 e. The van der Waals surface area contributed by atoms with E-state index >= 15 is 0 Å². The Morgan fingerprint density at radius 3 is 2.72 bits per heavy atom. The van der Waals surface area contributed by atoms with Gasteiger partial charge >= 0.3 is 6.18 Å². The maximum absolute atomic E-state index is 13.8. The molecule has 4 rings (SSSR count). The van der Waals surface area contributed by atoms with Crippen LogP contribution in [-0.2, 0) is 6.42 Å². The van der Waals surface area contributed by atoms with E-state index in [2.05, 4.69) is 10.2 Å². The van der Waals surface area contributed by atoms with Crippen molar-refractivity contribution in [2.75, 3.05) is 19.6 Å². The van der Waals surface area contributed by atoms with Crippen molar-refractivity contribution in [3.63, 3.8) is 0 Å². The van der Waals surface area contributed by atoms with Crippen molar-refractivity contribution >= 4 is 10.8 Å². The minimum atomic E-state index is -4.40. The summed E-state index contributed by atoms with van der Waals surface area (Å²) >= 11 is 0. The van der Waals surface area contributed by atoms with Gasteiger partial charge in [0, 0.05) is 31.1 Å². The van der Waals surface area contributed by atoms with E-state index in [4.69, 9.17) is 0 Å². The van der Waals surface area contributed by atoms with E-state index in [-0.39, 0.29) is 0 Å². The zero-order valence-electron chi connectivity index (χ0n) is 15.8. The summed E-state index contributed by atoms with van der Waals surface area (Å²) in [6.45, 7) is 1.82. The Hall–Kier alpha value is -2.80. The van der Waals surface area contributed by atoms with Gasteiger partial charge in [0.05, 0.1) is 0 Å². The summed E-state index contributed by atoms with van der Waals surface area (Å²) in [6, 6.07) is 7.80. The number of allylic oxidation sites excluding steroid dienone is 2. The lowest BCUT2D eigenvalue weighted by atomic mass is 9.83. The Kier molecular flexibility index (Phi) is 5.08. The quantitative estimate of drug-likeness (QED) is 0.483. The largest absolute Gasteiger partial charge is 0.619 e. The van der Waals surface area contributed by atoms with Gasteiger partial charge in [-0.1, -0.05) is 24.3 Å². The zero-order valence-corrected chi connectivity index (χ0v) is 15.8. The van der Waals surface area contributed by atoms with Crippen molar-refractivity contribution in [2.45, 2.75) is 24.6 Å². The molecule has 29 heavy (non-hydrogen) atoms. The summed E-state index contributed by atoms with van der Waals surface area (Å²) in [7, 11) is 0. The fraction of sp³-hybridized carbons (Fsp3) is 0.318.